The molecule has 1 saturated heterocycles. The van der Waals surface area contributed by atoms with E-state index in [9.17, 15) is 14.4 Å². The Bertz CT molecular complexity index is 1250. The molecule has 1 aromatic heterocycles. The van der Waals surface area contributed by atoms with Gasteiger partial charge >= 0.3 is 6.03 Å². The van der Waals surface area contributed by atoms with Crippen molar-refractivity contribution >= 4 is 28.7 Å². The van der Waals surface area contributed by atoms with E-state index in [0.29, 0.717) is 43.2 Å². The lowest BCUT2D eigenvalue weighted by atomic mass is 9.91. The number of aromatic amines is 1. The van der Waals surface area contributed by atoms with Crippen LogP contribution in [0.25, 0.3) is 10.9 Å². The van der Waals surface area contributed by atoms with Crippen LogP contribution in [0.1, 0.15) is 18.1 Å². The average Bonchev–Trinajstić information content (AvgIpc) is 3.33. The van der Waals surface area contributed by atoms with Crippen molar-refractivity contribution in [2.45, 2.75) is 18.9 Å². The minimum absolute atomic E-state index is 0.349. The normalized spacial score (nSPS) is 19.6. The Kier molecular flexibility index (Phi) is 5.16. The van der Waals surface area contributed by atoms with Crippen LogP contribution in [0.5, 0.6) is 11.5 Å². The molecule has 4 amide bonds. The van der Waals surface area contributed by atoms with Crippen LogP contribution in [0.15, 0.2) is 48.7 Å². The smallest absolute Gasteiger partial charge is 0.325 e. The molecule has 0 spiro atoms. The summed E-state index contributed by atoms with van der Waals surface area (Å²) in [7, 11) is 0. The quantitative estimate of drug-likeness (QED) is 0.500. The molecule has 0 unspecified atom stereocenters. The molecule has 3 N–H and O–H groups in total. The number of para-hydroxylation sites is 1. The van der Waals surface area contributed by atoms with Crippen molar-refractivity contribution in [3.05, 3.63) is 59.8 Å². The SMILES string of the molecule is C[C@@]1(c2ccc3c(c2)OCCO3)NC(=O)N(CC(=O)NCCc2c[nH]c3ccccc23)C1=O. The van der Waals surface area contributed by atoms with Crippen molar-refractivity contribution in [2.24, 2.45) is 0 Å². The van der Waals surface area contributed by atoms with E-state index in [0.717, 1.165) is 21.4 Å². The lowest BCUT2D eigenvalue weighted by Gasteiger charge is -2.25. The highest BCUT2D eigenvalue weighted by atomic mass is 16.6. The molecule has 2 aromatic carbocycles. The fourth-order valence-electron chi connectivity index (χ4n) is 4.27. The van der Waals surface area contributed by atoms with Gasteiger partial charge in [0.15, 0.2) is 11.5 Å². The third kappa shape index (κ3) is 3.75. The predicted octanol–water partition coefficient (Wildman–Crippen LogP) is 2.06. The van der Waals surface area contributed by atoms with Crippen LogP contribution in [-0.2, 0) is 21.5 Å². The number of urea groups is 1. The number of nitrogens with zero attached hydrogens (tertiary/aromatic N) is 1. The molecule has 0 radical (unpaired) electrons. The Balaban J connectivity index is 1.22. The largest absolute Gasteiger partial charge is 0.486 e. The molecule has 0 aliphatic carbocycles. The minimum Gasteiger partial charge on any atom is -0.486 e. The van der Waals surface area contributed by atoms with Gasteiger partial charge in [0.1, 0.15) is 25.3 Å². The molecule has 0 saturated carbocycles. The number of benzene rings is 2. The molecule has 3 heterocycles. The molecular formula is C24H24N4O5. The summed E-state index contributed by atoms with van der Waals surface area (Å²) in [5, 5.41) is 6.62. The van der Waals surface area contributed by atoms with Crippen LogP contribution < -0.4 is 20.1 Å². The van der Waals surface area contributed by atoms with Gasteiger partial charge in [-0.1, -0.05) is 24.3 Å². The van der Waals surface area contributed by atoms with Crippen molar-refractivity contribution in [1.29, 1.82) is 0 Å². The molecule has 0 bridgehead atoms. The van der Waals surface area contributed by atoms with E-state index in [1.54, 1.807) is 25.1 Å². The molecule has 2 aliphatic rings. The predicted molar refractivity (Wildman–Crippen MR) is 120 cm³/mol. The summed E-state index contributed by atoms with van der Waals surface area (Å²) in [5.41, 5.74) is 1.40. The molecule has 3 aromatic rings. The first-order valence-corrected chi connectivity index (χ1v) is 10.8. The van der Waals surface area contributed by atoms with Gasteiger partial charge in [-0.05, 0) is 42.7 Å². The zero-order valence-corrected chi connectivity index (χ0v) is 18.1. The number of carbonyl (C=O) groups excluding carboxylic acids is 3. The van der Waals surface area contributed by atoms with Crippen LogP contribution in [0, 0.1) is 0 Å². The third-order valence-corrected chi connectivity index (χ3v) is 6.09. The Hall–Kier alpha value is -4.01. The Morgan fingerprint density at radius 3 is 2.76 bits per heavy atom. The summed E-state index contributed by atoms with van der Waals surface area (Å²) in [6.07, 6.45) is 2.55. The van der Waals surface area contributed by atoms with Crippen molar-refractivity contribution in [3.8, 4) is 11.5 Å². The number of H-pyrrole nitrogens is 1. The average molecular weight is 448 g/mol. The number of amides is 4. The fourth-order valence-corrected chi connectivity index (χ4v) is 4.27. The maximum Gasteiger partial charge on any atom is 0.325 e. The summed E-state index contributed by atoms with van der Waals surface area (Å²) in [6, 6.07) is 12.5. The van der Waals surface area contributed by atoms with Crippen molar-refractivity contribution in [3.63, 3.8) is 0 Å². The number of hydrogen-bond donors (Lipinski definition) is 3. The van der Waals surface area contributed by atoms with Gasteiger partial charge < -0.3 is 25.1 Å². The number of ether oxygens (including phenoxy) is 2. The van der Waals surface area contributed by atoms with E-state index < -0.39 is 23.4 Å². The molecule has 9 heteroatoms. The standard InChI is InChI=1S/C24H24N4O5/c1-24(16-6-7-19-20(12-16)33-11-10-32-19)22(30)28(23(31)27-24)14-21(29)25-9-8-15-13-26-18-5-3-2-4-17(15)18/h2-7,12-13,26H,8-11,14H2,1H3,(H,25,29)(H,27,31)/t24-/m0/s1. The van der Waals surface area contributed by atoms with E-state index in [1.165, 1.54) is 0 Å². The topological polar surface area (TPSA) is 113 Å². The van der Waals surface area contributed by atoms with Crippen LogP contribution in [0.3, 0.4) is 0 Å². The van der Waals surface area contributed by atoms with Gasteiger partial charge in [0.25, 0.3) is 5.91 Å². The summed E-state index contributed by atoms with van der Waals surface area (Å²) < 4.78 is 11.1. The summed E-state index contributed by atoms with van der Waals surface area (Å²) in [4.78, 5) is 42.3. The van der Waals surface area contributed by atoms with E-state index >= 15 is 0 Å². The number of rotatable bonds is 6. The molecule has 9 nitrogen and oxygen atoms in total. The van der Waals surface area contributed by atoms with Gasteiger partial charge in [0.05, 0.1) is 0 Å². The maximum absolute atomic E-state index is 13.1. The van der Waals surface area contributed by atoms with E-state index in [2.05, 4.69) is 15.6 Å². The van der Waals surface area contributed by atoms with E-state index in [-0.39, 0.29) is 6.54 Å². The highest BCUT2D eigenvalue weighted by Gasteiger charge is 2.49. The number of carbonyl (C=O) groups is 3. The van der Waals surface area contributed by atoms with Gasteiger partial charge in [0, 0.05) is 23.6 Å². The van der Waals surface area contributed by atoms with Crippen LogP contribution in [0.2, 0.25) is 0 Å². The number of hydrogen-bond acceptors (Lipinski definition) is 5. The molecule has 1 fully saturated rings. The first-order valence-electron chi connectivity index (χ1n) is 10.8. The number of fused-ring (bicyclic) bond motifs is 2. The number of nitrogens with one attached hydrogen (secondary N) is 3. The molecule has 1 atom stereocenters. The summed E-state index contributed by atoms with van der Waals surface area (Å²) in [5.74, 6) is 0.230. The second kappa shape index (κ2) is 8.16. The minimum atomic E-state index is -1.29. The van der Waals surface area contributed by atoms with Crippen molar-refractivity contribution in [2.75, 3.05) is 26.3 Å². The molecule has 5 rings (SSSR count). The fraction of sp³-hybridized carbons (Fsp3) is 0.292. The first-order chi connectivity index (χ1) is 16.0. The zero-order valence-electron chi connectivity index (χ0n) is 18.1. The zero-order chi connectivity index (χ0) is 23.0. The number of aromatic nitrogens is 1. The first kappa shape index (κ1) is 20.9. The van der Waals surface area contributed by atoms with E-state index in [4.69, 9.17) is 9.47 Å². The highest BCUT2D eigenvalue weighted by molar-refractivity contribution is 6.09. The second-order valence-electron chi connectivity index (χ2n) is 8.26. The highest BCUT2D eigenvalue weighted by Crippen LogP contribution is 2.36. The van der Waals surface area contributed by atoms with Gasteiger partial charge in [-0.3, -0.25) is 14.5 Å². The number of imide groups is 1. The summed E-state index contributed by atoms with van der Waals surface area (Å²) in [6.45, 7) is 2.54. The molecule has 33 heavy (non-hydrogen) atoms. The molecule has 2 aliphatic heterocycles. The van der Waals surface area contributed by atoms with Crippen LogP contribution >= 0.6 is 0 Å². The van der Waals surface area contributed by atoms with Crippen LogP contribution in [0.4, 0.5) is 4.79 Å². The van der Waals surface area contributed by atoms with Gasteiger partial charge in [-0.25, -0.2) is 4.79 Å². The second-order valence-corrected chi connectivity index (χ2v) is 8.26. The van der Waals surface area contributed by atoms with Crippen LogP contribution in [-0.4, -0.2) is 54.0 Å². The molecule has 170 valence electrons. The Morgan fingerprint density at radius 1 is 1.12 bits per heavy atom. The van der Waals surface area contributed by atoms with Gasteiger partial charge in [0.2, 0.25) is 5.91 Å². The van der Waals surface area contributed by atoms with Gasteiger partial charge in [-0.2, -0.15) is 0 Å². The van der Waals surface area contributed by atoms with Crippen molar-refractivity contribution < 1.29 is 23.9 Å². The van der Waals surface area contributed by atoms with Crippen molar-refractivity contribution in [1.82, 2.24) is 20.5 Å². The third-order valence-electron chi connectivity index (χ3n) is 6.09. The summed E-state index contributed by atoms with van der Waals surface area (Å²) >= 11 is 0. The Morgan fingerprint density at radius 2 is 1.91 bits per heavy atom. The molecular weight excluding hydrogens is 424 g/mol. The maximum atomic E-state index is 13.1. The monoisotopic (exact) mass is 448 g/mol. The van der Waals surface area contributed by atoms with E-state index in [1.807, 2.05) is 30.5 Å². The van der Waals surface area contributed by atoms with Gasteiger partial charge in [-0.15, -0.1) is 0 Å². The lowest BCUT2D eigenvalue weighted by molar-refractivity contribution is -0.134. The lowest BCUT2D eigenvalue weighted by Crippen LogP contribution is -2.43. The Labute approximate surface area is 190 Å².